The molecule has 4 heterocycles. The summed E-state index contributed by atoms with van der Waals surface area (Å²) in [5.41, 5.74) is 9.71. The van der Waals surface area contributed by atoms with Gasteiger partial charge in [-0.3, -0.25) is 9.59 Å². The Hall–Kier alpha value is -2.97. The average molecular weight is 548 g/mol. The molecule has 3 N–H and O–H groups in total. The van der Waals surface area contributed by atoms with Crippen molar-refractivity contribution in [1.82, 2.24) is 14.8 Å². The molecule has 1 aromatic carbocycles. The quantitative estimate of drug-likeness (QED) is 0.376. The highest BCUT2D eigenvalue weighted by Crippen LogP contribution is 2.40. The van der Waals surface area contributed by atoms with Crippen LogP contribution < -0.4 is 11.1 Å². The molecule has 5 rings (SSSR count). The number of hydrogen-bond donors (Lipinski definition) is 2. The molecule has 0 saturated carbocycles. The van der Waals surface area contributed by atoms with Crippen LogP contribution in [0, 0.1) is 12.8 Å². The molecule has 8 heteroatoms. The fourth-order valence-corrected chi connectivity index (χ4v) is 7.52. The van der Waals surface area contributed by atoms with Crippen molar-refractivity contribution in [2.75, 3.05) is 37.2 Å². The van der Waals surface area contributed by atoms with Crippen LogP contribution in [0.3, 0.4) is 0 Å². The van der Waals surface area contributed by atoms with Crippen LogP contribution >= 0.6 is 11.3 Å². The Morgan fingerprint density at radius 2 is 1.97 bits per heavy atom. The molecule has 39 heavy (non-hydrogen) atoms. The third kappa shape index (κ3) is 5.82. The number of aryl methyl sites for hydroxylation is 2. The first-order valence-electron chi connectivity index (χ1n) is 14.4. The summed E-state index contributed by atoms with van der Waals surface area (Å²) in [6, 6.07) is 8.30. The largest absolute Gasteiger partial charge is 0.383 e. The number of aromatic nitrogens is 1. The number of benzene rings is 1. The molecule has 2 aliphatic rings. The summed E-state index contributed by atoms with van der Waals surface area (Å²) in [5.74, 6) is 0.154. The molecule has 0 bridgehead atoms. The minimum Gasteiger partial charge on any atom is -0.383 e. The summed E-state index contributed by atoms with van der Waals surface area (Å²) in [6.07, 6.45) is 6.70. The number of thiophene rings is 1. The van der Waals surface area contributed by atoms with Crippen molar-refractivity contribution in [3.05, 3.63) is 52.0 Å². The number of carbonyl (C=O) groups excluding carboxylic acids is 2. The fraction of sp³-hybridized carbons (Fsp3) is 0.516. The minimum absolute atomic E-state index is 0.121. The number of carbonyl (C=O) groups is 2. The highest BCUT2D eigenvalue weighted by atomic mass is 32.1. The Kier molecular flexibility index (Phi) is 8.24. The maximum Gasteiger partial charge on any atom is 0.313 e. The van der Waals surface area contributed by atoms with Crippen molar-refractivity contribution in [2.45, 2.75) is 71.8 Å². The summed E-state index contributed by atoms with van der Waals surface area (Å²) in [5, 5.41) is 4.04. The van der Waals surface area contributed by atoms with Gasteiger partial charge in [-0.25, -0.2) is 4.98 Å². The zero-order valence-corrected chi connectivity index (χ0v) is 24.4. The lowest BCUT2D eigenvalue weighted by molar-refractivity contribution is -0.146. The van der Waals surface area contributed by atoms with E-state index >= 15 is 0 Å². The normalized spacial score (nSPS) is 20.9. The lowest BCUT2D eigenvalue weighted by atomic mass is 9.89. The van der Waals surface area contributed by atoms with Gasteiger partial charge in [-0.05, 0) is 98.3 Å². The second-order valence-electron chi connectivity index (χ2n) is 11.5. The summed E-state index contributed by atoms with van der Waals surface area (Å²) >= 11 is 1.90. The first-order valence-corrected chi connectivity index (χ1v) is 15.2. The lowest BCUT2D eigenvalue weighted by Crippen LogP contribution is -2.46. The van der Waals surface area contributed by atoms with E-state index in [1.165, 1.54) is 52.7 Å². The Balaban J connectivity index is 1.37. The van der Waals surface area contributed by atoms with Crippen molar-refractivity contribution in [3.63, 3.8) is 0 Å². The number of nitrogens with zero attached hydrogens (tertiary/aromatic N) is 3. The monoisotopic (exact) mass is 547 g/mol. The molecular weight excluding hydrogens is 506 g/mol. The van der Waals surface area contributed by atoms with Crippen LogP contribution in [0.4, 0.5) is 11.5 Å². The number of piperidine rings is 1. The molecule has 0 unspecified atom stereocenters. The Morgan fingerprint density at radius 3 is 2.72 bits per heavy atom. The van der Waals surface area contributed by atoms with Crippen molar-refractivity contribution in [3.8, 4) is 0 Å². The van der Waals surface area contributed by atoms with Crippen molar-refractivity contribution in [2.24, 2.45) is 5.92 Å². The van der Waals surface area contributed by atoms with Crippen LogP contribution in [0.5, 0.6) is 0 Å². The molecule has 2 aromatic heterocycles. The fourth-order valence-electron chi connectivity index (χ4n) is 6.28. The van der Waals surface area contributed by atoms with Crippen molar-refractivity contribution in [1.29, 1.82) is 0 Å². The molecule has 2 amide bonds. The smallest absolute Gasteiger partial charge is 0.313 e. The molecule has 7 nitrogen and oxygen atoms in total. The summed E-state index contributed by atoms with van der Waals surface area (Å²) in [4.78, 5) is 36.6. The van der Waals surface area contributed by atoms with Gasteiger partial charge in [0.15, 0.2) is 0 Å². The molecule has 2 fully saturated rings. The van der Waals surface area contributed by atoms with Crippen LogP contribution in [0.2, 0.25) is 0 Å². The van der Waals surface area contributed by atoms with Crippen LogP contribution in [-0.2, 0) is 16.0 Å². The molecule has 3 aromatic rings. The molecule has 0 spiro atoms. The Bertz CT molecular complexity index is 1360. The van der Waals surface area contributed by atoms with Gasteiger partial charge in [0.1, 0.15) is 5.82 Å². The molecule has 208 valence electrons. The number of amides is 2. The predicted octanol–water partition coefficient (Wildman–Crippen LogP) is 5.89. The van der Waals surface area contributed by atoms with Crippen LogP contribution in [-0.4, -0.2) is 52.8 Å². The zero-order valence-electron chi connectivity index (χ0n) is 23.6. The van der Waals surface area contributed by atoms with Gasteiger partial charge in [0.25, 0.3) is 0 Å². The number of hydrogen-bond acceptors (Lipinski definition) is 6. The van der Waals surface area contributed by atoms with E-state index in [0.717, 1.165) is 30.5 Å². The third-order valence-corrected chi connectivity index (χ3v) is 9.98. The van der Waals surface area contributed by atoms with E-state index in [0.29, 0.717) is 36.3 Å². The molecule has 0 radical (unpaired) electrons. The topological polar surface area (TPSA) is 91.6 Å². The zero-order chi connectivity index (χ0) is 27.7. The first-order chi connectivity index (χ1) is 18.7. The second-order valence-corrected chi connectivity index (χ2v) is 12.6. The number of anilines is 2. The van der Waals surface area contributed by atoms with Gasteiger partial charge in [0.05, 0.1) is 17.9 Å². The third-order valence-electron chi connectivity index (χ3n) is 8.47. The van der Waals surface area contributed by atoms with E-state index in [1.54, 1.807) is 11.0 Å². The summed E-state index contributed by atoms with van der Waals surface area (Å²) in [7, 11) is 0. The van der Waals surface area contributed by atoms with Gasteiger partial charge in [-0.1, -0.05) is 26.8 Å². The van der Waals surface area contributed by atoms with E-state index in [9.17, 15) is 9.59 Å². The van der Waals surface area contributed by atoms with Gasteiger partial charge in [-0.2, -0.15) is 0 Å². The van der Waals surface area contributed by atoms with Gasteiger partial charge < -0.3 is 20.9 Å². The Morgan fingerprint density at radius 1 is 1.21 bits per heavy atom. The van der Waals surface area contributed by atoms with E-state index in [2.05, 4.69) is 54.2 Å². The van der Waals surface area contributed by atoms with Crippen LogP contribution in [0.1, 0.15) is 80.0 Å². The highest BCUT2D eigenvalue weighted by Gasteiger charge is 2.34. The van der Waals surface area contributed by atoms with Gasteiger partial charge in [0, 0.05) is 28.6 Å². The maximum absolute atomic E-state index is 13.5. The van der Waals surface area contributed by atoms with Crippen molar-refractivity contribution < 1.29 is 9.59 Å². The highest BCUT2D eigenvalue weighted by molar-refractivity contribution is 7.19. The van der Waals surface area contributed by atoms with Gasteiger partial charge >= 0.3 is 11.8 Å². The predicted molar refractivity (Wildman–Crippen MR) is 160 cm³/mol. The van der Waals surface area contributed by atoms with Crippen LogP contribution in [0.25, 0.3) is 10.1 Å². The number of rotatable bonds is 6. The molecule has 2 saturated heterocycles. The number of pyridine rings is 1. The van der Waals surface area contributed by atoms with Crippen LogP contribution in [0.15, 0.2) is 30.5 Å². The van der Waals surface area contributed by atoms with E-state index in [1.807, 2.05) is 18.3 Å². The van der Waals surface area contributed by atoms with E-state index < -0.39 is 11.8 Å². The molecule has 0 aliphatic carbocycles. The molecule has 2 aliphatic heterocycles. The molecular formula is C31H41N5O2S. The first kappa shape index (κ1) is 27.6. The van der Waals surface area contributed by atoms with E-state index in [4.69, 9.17) is 5.73 Å². The van der Waals surface area contributed by atoms with Gasteiger partial charge in [0.2, 0.25) is 0 Å². The standard InChI is InChI=1S/C31H41N5O2S/c1-5-22-14-24(16-33-29(22)32)34-30(37)31(38)36-17-19(2)8-10-26(36)23-9-11-27-25(15-23)21(4)28(39-27)20(3)18-35-12-6-7-13-35/h9,11,14-16,19-20,26H,5-8,10,12-13,17-18H2,1-4H3,(H2,32,33)(H,34,37)/t19-,20-,26+/m0/s1. The average Bonchev–Trinajstić information content (AvgIpc) is 3.56. The number of nitrogen functional groups attached to an aromatic ring is 1. The lowest BCUT2D eigenvalue weighted by Gasteiger charge is -2.38. The molecule has 3 atom stereocenters. The summed E-state index contributed by atoms with van der Waals surface area (Å²) in [6.45, 7) is 12.8. The summed E-state index contributed by atoms with van der Waals surface area (Å²) < 4.78 is 1.29. The number of likely N-dealkylation sites (tertiary alicyclic amines) is 2. The second kappa shape index (κ2) is 11.6. The van der Waals surface area contributed by atoms with Gasteiger partial charge in [-0.15, -0.1) is 11.3 Å². The maximum atomic E-state index is 13.5. The SMILES string of the molecule is CCc1cc(NC(=O)C(=O)N2C[C@@H](C)CC[C@@H]2c2ccc3sc([C@@H](C)CN4CCCC4)c(C)c3c2)cnc1N. The minimum atomic E-state index is -0.631. The van der Waals surface area contributed by atoms with Crippen molar-refractivity contribution >= 4 is 44.7 Å². The number of nitrogens with one attached hydrogen (secondary N) is 1. The Labute approximate surface area is 235 Å². The number of fused-ring (bicyclic) bond motifs is 1. The van der Waals surface area contributed by atoms with E-state index in [-0.39, 0.29) is 6.04 Å². The number of nitrogens with two attached hydrogens (primary N) is 1.